The Hall–Kier alpha value is -3.71. The van der Waals surface area contributed by atoms with Crippen molar-refractivity contribution in [2.45, 2.75) is 45.8 Å². The number of nitrogens with one attached hydrogen (secondary N) is 2. The number of hydrogen-bond donors (Lipinski definition) is 2. The first-order valence-corrected chi connectivity index (χ1v) is 11.7. The lowest BCUT2D eigenvalue weighted by Gasteiger charge is -2.10. The molecule has 0 atom stereocenters. The molecule has 0 radical (unpaired) electrons. The lowest BCUT2D eigenvalue weighted by Crippen LogP contribution is -2.31. The molecule has 0 saturated heterocycles. The van der Waals surface area contributed by atoms with Crippen LogP contribution in [-0.2, 0) is 17.9 Å². The molecular formula is C27H31N5O2. The highest BCUT2D eigenvalue weighted by Gasteiger charge is 2.15. The van der Waals surface area contributed by atoms with Crippen LogP contribution in [0.2, 0.25) is 0 Å². The molecule has 1 aliphatic carbocycles. The van der Waals surface area contributed by atoms with Gasteiger partial charge >= 0.3 is 0 Å². The number of aromatic nitrogens is 3. The number of nitrogens with zero attached hydrogens (tertiary/aromatic N) is 3. The van der Waals surface area contributed by atoms with Crippen molar-refractivity contribution in [3.8, 4) is 11.3 Å². The van der Waals surface area contributed by atoms with Crippen LogP contribution in [0.1, 0.15) is 37.9 Å². The molecule has 34 heavy (non-hydrogen) atoms. The molecule has 0 fully saturated rings. The van der Waals surface area contributed by atoms with E-state index in [1.165, 1.54) is 5.56 Å². The van der Waals surface area contributed by atoms with Gasteiger partial charge in [0.1, 0.15) is 5.69 Å². The fourth-order valence-corrected chi connectivity index (χ4v) is 3.71. The van der Waals surface area contributed by atoms with Crippen LogP contribution >= 0.6 is 0 Å². The van der Waals surface area contributed by atoms with Gasteiger partial charge < -0.3 is 19.7 Å². The van der Waals surface area contributed by atoms with Crippen LogP contribution in [0.3, 0.4) is 0 Å². The summed E-state index contributed by atoms with van der Waals surface area (Å²) in [6, 6.07) is 10.3. The van der Waals surface area contributed by atoms with Gasteiger partial charge in [0.25, 0.3) is 0 Å². The molecule has 0 unspecified atom stereocenters. The molecule has 7 nitrogen and oxygen atoms in total. The molecule has 1 aliphatic rings. The molecule has 2 heterocycles. The van der Waals surface area contributed by atoms with Crippen molar-refractivity contribution in [3.63, 3.8) is 0 Å². The third-order valence-corrected chi connectivity index (χ3v) is 5.49. The number of carbonyl (C=O) groups is 1. The van der Waals surface area contributed by atoms with E-state index in [2.05, 4.69) is 37.5 Å². The van der Waals surface area contributed by atoms with Crippen LogP contribution in [-0.4, -0.2) is 33.2 Å². The molecule has 3 aromatic rings. The van der Waals surface area contributed by atoms with Gasteiger partial charge in [-0.25, -0.2) is 4.98 Å². The smallest absolute Gasteiger partial charge is 0.247 e. The molecule has 1 aromatic carbocycles. The van der Waals surface area contributed by atoms with E-state index in [0.717, 1.165) is 37.2 Å². The zero-order valence-corrected chi connectivity index (χ0v) is 19.7. The quantitative estimate of drug-likeness (QED) is 0.438. The second-order valence-electron chi connectivity index (χ2n) is 8.66. The van der Waals surface area contributed by atoms with E-state index in [9.17, 15) is 4.79 Å². The first kappa shape index (κ1) is 23.4. The molecule has 0 aliphatic heterocycles. The van der Waals surface area contributed by atoms with Crippen molar-refractivity contribution in [2.24, 2.45) is 0 Å². The second-order valence-corrected chi connectivity index (χ2v) is 8.66. The summed E-state index contributed by atoms with van der Waals surface area (Å²) in [5.74, 6) is 0.646. The van der Waals surface area contributed by atoms with Gasteiger partial charge in [0.2, 0.25) is 5.91 Å². The SMILES string of the molecule is CC(C)NC(=O)C1=CC(c2cc(-c3ccc(CNCCCn4ccnc4)cc3)on2)=CC=CC1. The number of hydrogen-bond acceptors (Lipinski definition) is 5. The van der Waals surface area contributed by atoms with E-state index in [1.54, 1.807) is 6.20 Å². The lowest BCUT2D eigenvalue weighted by molar-refractivity contribution is -0.118. The van der Waals surface area contributed by atoms with Gasteiger partial charge in [0.15, 0.2) is 5.76 Å². The second kappa shape index (κ2) is 11.4. The van der Waals surface area contributed by atoms with Crippen LogP contribution in [0.4, 0.5) is 0 Å². The van der Waals surface area contributed by atoms with Crippen molar-refractivity contribution >= 4 is 11.5 Å². The molecule has 0 saturated carbocycles. The Morgan fingerprint density at radius 1 is 1.24 bits per heavy atom. The molecule has 1 amide bonds. The summed E-state index contributed by atoms with van der Waals surface area (Å²) in [6.45, 7) is 6.63. The summed E-state index contributed by atoms with van der Waals surface area (Å²) in [4.78, 5) is 16.5. The lowest BCUT2D eigenvalue weighted by atomic mass is 10.1. The molecular weight excluding hydrogens is 426 g/mol. The van der Waals surface area contributed by atoms with Crippen LogP contribution in [0.15, 0.2) is 83.5 Å². The maximum Gasteiger partial charge on any atom is 0.247 e. The van der Waals surface area contributed by atoms with Crippen LogP contribution in [0, 0.1) is 0 Å². The van der Waals surface area contributed by atoms with Crippen LogP contribution in [0.5, 0.6) is 0 Å². The third-order valence-electron chi connectivity index (χ3n) is 5.49. The van der Waals surface area contributed by atoms with E-state index < -0.39 is 0 Å². The van der Waals surface area contributed by atoms with Crippen LogP contribution in [0.25, 0.3) is 16.9 Å². The summed E-state index contributed by atoms with van der Waals surface area (Å²) in [7, 11) is 0. The highest BCUT2D eigenvalue weighted by Crippen LogP contribution is 2.27. The number of carbonyl (C=O) groups excluding carboxylic acids is 1. The van der Waals surface area contributed by atoms with Gasteiger partial charge in [-0.05, 0) is 44.9 Å². The fourth-order valence-electron chi connectivity index (χ4n) is 3.71. The predicted molar refractivity (Wildman–Crippen MR) is 134 cm³/mol. The third kappa shape index (κ3) is 6.42. The Balaban J connectivity index is 1.34. The molecule has 0 bridgehead atoms. The highest BCUT2D eigenvalue weighted by atomic mass is 16.5. The van der Waals surface area contributed by atoms with Crippen molar-refractivity contribution in [1.82, 2.24) is 25.3 Å². The monoisotopic (exact) mass is 457 g/mol. The predicted octanol–water partition coefficient (Wildman–Crippen LogP) is 4.51. The maximum atomic E-state index is 12.5. The number of allylic oxidation sites excluding steroid dienone is 5. The topological polar surface area (TPSA) is 85.0 Å². The van der Waals surface area contributed by atoms with Crippen molar-refractivity contribution < 1.29 is 9.32 Å². The number of benzene rings is 1. The average molecular weight is 458 g/mol. The molecule has 2 N–H and O–H groups in total. The summed E-state index contributed by atoms with van der Waals surface area (Å²) in [5, 5.41) is 10.7. The standard InChI is InChI=1S/C27H31N5O2/c1-20(2)30-27(33)24-7-4-3-6-23(16-24)25-17-26(34-31-25)22-10-8-21(9-11-22)18-28-12-5-14-32-15-13-29-19-32/h3-4,6,8-11,13,15-17,19-20,28H,5,7,12,14,18H2,1-2H3,(H,30,33). The Bertz CT molecular complexity index is 1170. The first-order chi connectivity index (χ1) is 16.6. The van der Waals surface area contributed by atoms with Gasteiger partial charge in [0.05, 0.1) is 6.33 Å². The van der Waals surface area contributed by atoms with Crippen molar-refractivity contribution in [1.29, 1.82) is 0 Å². The molecule has 4 rings (SSSR count). The Morgan fingerprint density at radius 3 is 2.85 bits per heavy atom. The van der Waals surface area contributed by atoms with Gasteiger partial charge in [-0.3, -0.25) is 4.79 Å². The first-order valence-electron chi connectivity index (χ1n) is 11.7. The maximum absolute atomic E-state index is 12.5. The Morgan fingerprint density at radius 2 is 2.09 bits per heavy atom. The summed E-state index contributed by atoms with van der Waals surface area (Å²) in [6.07, 6.45) is 15.0. The minimum Gasteiger partial charge on any atom is -0.356 e. The highest BCUT2D eigenvalue weighted by molar-refractivity contribution is 5.97. The number of rotatable bonds is 10. The number of aryl methyl sites for hydroxylation is 1. The van der Waals surface area contributed by atoms with E-state index >= 15 is 0 Å². The van der Waals surface area contributed by atoms with E-state index in [0.29, 0.717) is 23.4 Å². The minimum atomic E-state index is -0.0536. The van der Waals surface area contributed by atoms with Crippen LogP contribution < -0.4 is 10.6 Å². The van der Waals surface area contributed by atoms with Crippen molar-refractivity contribution in [3.05, 3.63) is 90.2 Å². The van der Waals surface area contributed by atoms with Crippen molar-refractivity contribution in [2.75, 3.05) is 6.54 Å². The zero-order valence-electron chi connectivity index (χ0n) is 19.7. The largest absolute Gasteiger partial charge is 0.356 e. The van der Waals surface area contributed by atoms with E-state index in [-0.39, 0.29) is 11.9 Å². The van der Waals surface area contributed by atoms with Gasteiger partial charge in [-0.2, -0.15) is 0 Å². The fraction of sp³-hybridized carbons (Fsp3) is 0.296. The molecule has 2 aromatic heterocycles. The molecule has 0 spiro atoms. The number of amides is 1. The summed E-state index contributed by atoms with van der Waals surface area (Å²) >= 11 is 0. The average Bonchev–Trinajstić information content (AvgIpc) is 3.47. The van der Waals surface area contributed by atoms with E-state index in [4.69, 9.17) is 4.52 Å². The molecule has 176 valence electrons. The minimum absolute atomic E-state index is 0.0536. The Kier molecular flexibility index (Phi) is 7.88. The molecule has 7 heteroatoms. The summed E-state index contributed by atoms with van der Waals surface area (Å²) in [5.41, 5.74) is 4.45. The van der Waals surface area contributed by atoms with E-state index in [1.807, 2.05) is 68.9 Å². The Labute approximate surface area is 200 Å². The number of imidazole rings is 1. The normalized spacial score (nSPS) is 13.5. The zero-order chi connectivity index (χ0) is 23.8. The van der Waals surface area contributed by atoms with Gasteiger partial charge in [0, 0.05) is 54.3 Å². The van der Waals surface area contributed by atoms with Gasteiger partial charge in [-0.15, -0.1) is 0 Å². The summed E-state index contributed by atoms with van der Waals surface area (Å²) < 4.78 is 7.71. The van der Waals surface area contributed by atoms with Gasteiger partial charge in [-0.1, -0.05) is 47.7 Å².